The number of hydrogen-bond donors (Lipinski definition) is 1. The predicted molar refractivity (Wildman–Crippen MR) is 66.0 cm³/mol. The van der Waals surface area contributed by atoms with E-state index in [1.807, 2.05) is 4.90 Å². The van der Waals surface area contributed by atoms with E-state index in [0.29, 0.717) is 19.6 Å². The third-order valence-electron chi connectivity index (χ3n) is 2.65. The Hall–Kier alpha value is -0.650. The molecule has 5 nitrogen and oxygen atoms in total. The fourth-order valence-electron chi connectivity index (χ4n) is 1.68. The first-order chi connectivity index (χ1) is 8.34. The second-order valence-electron chi connectivity index (χ2n) is 4.11. The summed E-state index contributed by atoms with van der Waals surface area (Å²) in [6.45, 7) is 7.98. The molecule has 1 aliphatic rings. The zero-order valence-electron chi connectivity index (χ0n) is 10.7. The molecule has 0 radical (unpaired) electrons. The first kappa shape index (κ1) is 14.4. The third kappa shape index (κ3) is 6.61. The molecule has 1 saturated heterocycles. The molecule has 5 heteroatoms. The van der Waals surface area contributed by atoms with Gasteiger partial charge in [-0.2, -0.15) is 0 Å². The molecule has 1 fully saturated rings. The number of morpholine rings is 1. The van der Waals surface area contributed by atoms with E-state index in [2.05, 4.69) is 12.2 Å². The molecule has 0 saturated carbocycles. The lowest BCUT2D eigenvalue weighted by Gasteiger charge is -2.26. The summed E-state index contributed by atoms with van der Waals surface area (Å²) in [4.78, 5) is 13.6. The molecule has 1 heterocycles. The highest BCUT2D eigenvalue weighted by Gasteiger charge is 2.15. The maximum Gasteiger partial charge on any atom is 0.224 e. The van der Waals surface area contributed by atoms with Crippen molar-refractivity contribution in [1.29, 1.82) is 0 Å². The number of nitrogens with zero attached hydrogens (tertiary/aromatic N) is 1. The Morgan fingerprint density at radius 2 is 2.06 bits per heavy atom. The summed E-state index contributed by atoms with van der Waals surface area (Å²) >= 11 is 0. The fourth-order valence-corrected chi connectivity index (χ4v) is 1.68. The van der Waals surface area contributed by atoms with Crippen molar-refractivity contribution in [3.8, 4) is 0 Å². The largest absolute Gasteiger partial charge is 0.380 e. The average Bonchev–Trinajstić information content (AvgIpc) is 2.38. The van der Waals surface area contributed by atoms with E-state index in [9.17, 15) is 4.79 Å². The SMILES string of the molecule is CCCOCCNCCC(=O)N1CCOCC1. The Labute approximate surface area is 103 Å². The van der Waals surface area contributed by atoms with Crippen LogP contribution in [0.25, 0.3) is 0 Å². The second kappa shape index (κ2) is 9.39. The van der Waals surface area contributed by atoms with Gasteiger partial charge in [-0.1, -0.05) is 6.92 Å². The lowest BCUT2D eigenvalue weighted by molar-refractivity contribution is -0.135. The smallest absolute Gasteiger partial charge is 0.224 e. The van der Waals surface area contributed by atoms with E-state index in [1.165, 1.54) is 0 Å². The number of rotatable bonds is 8. The van der Waals surface area contributed by atoms with Crippen LogP contribution in [0.5, 0.6) is 0 Å². The minimum absolute atomic E-state index is 0.218. The summed E-state index contributed by atoms with van der Waals surface area (Å²) in [5, 5.41) is 3.21. The fraction of sp³-hybridized carbons (Fsp3) is 0.917. The zero-order chi connectivity index (χ0) is 12.3. The molecule has 0 atom stereocenters. The molecule has 1 amide bonds. The highest BCUT2D eigenvalue weighted by atomic mass is 16.5. The van der Waals surface area contributed by atoms with Crippen LogP contribution in [0.1, 0.15) is 19.8 Å². The maximum atomic E-state index is 11.7. The summed E-state index contributed by atoms with van der Waals surface area (Å²) in [6.07, 6.45) is 1.61. The molecule has 1 rings (SSSR count). The van der Waals surface area contributed by atoms with Gasteiger partial charge in [-0.3, -0.25) is 4.79 Å². The maximum absolute atomic E-state index is 11.7. The Kier molecular flexibility index (Phi) is 7.96. The van der Waals surface area contributed by atoms with Gasteiger partial charge in [-0.05, 0) is 6.42 Å². The van der Waals surface area contributed by atoms with Gasteiger partial charge in [0.15, 0.2) is 0 Å². The van der Waals surface area contributed by atoms with Gasteiger partial charge in [-0.15, -0.1) is 0 Å². The van der Waals surface area contributed by atoms with Gasteiger partial charge in [-0.25, -0.2) is 0 Å². The van der Waals surface area contributed by atoms with Crippen molar-refractivity contribution in [2.24, 2.45) is 0 Å². The summed E-state index contributed by atoms with van der Waals surface area (Å²) in [6, 6.07) is 0. The molecule has 1 aliphatic heterocycles. The van der Waals surface area contributed by atoms with Crippen molar-refractivity contribution < 1.29 is 14.3 Å². The normalized spacial score (nSPS) is 16.2. The number of carbonyl (C=O) groups excluding carboxylic acids is 1. The molecule has 0 aliphatic carbocycles. The third-order valence-corrected chi connectivity index (χ3v) is 2.65. The van der Waals surface area contributed by atoms with E-state index in [0.717, 1.165) is 45.8 Å². The molecule has 0 aromatic carbocycles. The number of hydrogen-bond acceptors (Lipinski definition) is 4. The standard InChI is InChI=1S/C12H24N2O3/c1-2-8-16-9-5-13-4-3-12(15)14-6-10-17-11-7-14/h13H,2-11H2,1H3. The highest BCUT2D eigenvalue weighted by molar-refractivity contribution is 5.76. The minimum atomic E-state index is 0.218. The Morgan fingerprint density at radius 3 is 2.76 bits per heavy atom. The van der Waals surface area contributed by atoms with Gasteiger partial charge in [0.05, 0.1) is 19.8 Å². The molecular weight excluding hydrogens is 220 g/mol. The van der Waals surface area contributed by atoms with Gasteiger partial charge in [0, 0.05) is 39.2 Å². The van der Waals surface area contributed by atoms with E-state index < -0.39 is 0 Å². The van der Waals surface area contributed by atoms with Crippen molar-refractivity contribution >= 4 is 5.91 Å². The molecule has 1 N–H and O–H groups in total. The van der Waals surface area contributed by atoms with Crippen LogP contribution in [0, 0.1) is 0 Å². The Balaban J connectivity index is 1.92. The lowest BCUT2D eigenvalue weighted by Crippen LogP contribution is -2.41. The van der Waals surface area contributed by atoms with Crippen LogP contribution in [0.2, 0.25) is 0 Å². The van der Waals surface area contributed by atoms with Crippen molar-refractivity contribution in [2.45, 2.75) is 19.8 Å². The number of carbonyl (C=O) groups is 1. The monoisotopic (exact) mass is 244 g/mol. The molecule has 0 unspecified atom stereocenters. The van der Waals surface area contributed by atoms with E-state index in [1.54, 1.807) is 0 Å². The molecular formula is C12H24N2O3. The van der Waals surface area contributed by atoms with Gasteiger partial charge in [0.1, 0.15) is 0 Å². The average molecular weight is 244 g/mol. The van der Waals surface area contributed by atoms with Crippen LogP contribution in [-0.4, -0.2) is 63.4 Å². The molecule has 17 heavy (non-hydrogen) atoms. The molecule has 0 aromatic rings. The van der Waals surface area contributed by atoms with Gasteiger partial charge >= 0.3 is 0 Å². The number of amides is 1. The lowest BCUT2D eigenvalue weighted by atomic mass is 10.3. The van der Waals surface area contributed by atoms with Crippen LogP contribution >= 0.6 is 0 Å². The summed E-state index contributed by atoms with van der Waals surface area (Å²) in [5.74, 6) is 0.218. The molecule has 0 spiro atoms. The molecule has 0 aromatic heterocycles. The Bertz CT molecular complexity index is 206. The summed E-state index contributed by atoms with van der Waals surface area (Å²) in [7, 11) is 0. The van der Waals surface area contributed by atoms with Gasteiger partial charge in [0.2, 0.25) is 5.91 Å². The second-order valence-corrected chi connectivity index (χ2v) is 4.11. The van der Waals surface area contributed by atoms with E-state index in [4.69, 9.17) is 9.47 Å². The molecule has 100 valence electrons. The van der Waals surface area contributed by atoms with Crippen LogP contribution in [0.3, 0.4) is 0 Å². The zero-order valence-corrected chi connectivity index (χ0v) is 10.7. The van der Waals surface area contributed by atoms with E-state index >= 15 is 0 Å². The first-order valence-electron chi connectivity index (χ1n) is 6.48. The Morgan fingerprint density at radius 1 is 1.29 bits per heavy atom. The number of nitrogens with one attached hydrogen (secondary N) is 1. The van der Waals surface area contributed by atoms with Crippen LogP contribution in [0.4, 0.5) is 0 Å². The highest BCUT2D eigenvalue weighted by Crippen LogP contribution is 1.99. The predicted octanol–water partition coefficient (Wildman–Crippen LogP) is 0.252. The van der Waals surface area contributed by atoms with Crippen LogP contribution in [-0.2, 0) is 14.3 Å². The number of ether oxygens (including phenoxy) is 2. The summed E-state index contributed by atoms with van der Waals surface area (Å²) in [5.41, 5.74) is 0. The van der Waals surface area contributed by atoms with Crippen molar-refractivity contribution in [1.82, 2.24) is 10.2 Å². The minimum Gasteiger partial charge on any atom is -0.380 e. The summed E-state index contributed by atoms with van der Waals surface area (Å²) < 4.78 is 10.5. The molecule has 0 bridgehead atoms. The van der Waals surface area contributed by atoms with Crippen LogP contribution in [0.15, 0.2) is 0 Å². The van der Waals surface area contributed by atoms with Crippen molar-refractivity contribution in [3.63, 3.8) is 0 Å². The van der Waals surface area contributed by atoms with Crippen LogP contribution < -0.4 is 5.32 Å². The van der Waals surface area contributed by atoms with Crippen molar-refractivity contribution in [2.75, 3.05) is 52.6 Å². The quantitative estimate of drug-likeness (QED) is 0.622. The van der Waals surface area contributed by atoms with Crippen molar-refractivity contribution in [3.05, 3.63) is 0 Å². The van der Waals surface area contributed by atoms with E-state index in [-0.39, 0.29) is 5.91 Å². The first-order valence-corrected chi connectivity index (χ1v) is 6.48. The van der Waals surface area contributed by atoms with Gasteiger partial charge in [0.25, 0.3) is 0 Å². The topological polar surface area (TPSA) is 50.8 Å². The van der Waals surface area contributed by atoms with Gasteiger partial charge < -0.3 is 19.7 Å².